The van der Waals surface area contributed by atoms with Crippen LogP contribution in [0.5, 0.6) is 0 Å². The number of amides is 1. The number of aromatic nitrogens is 2. The second-order valence-electron chi connectivity index (χ2n) is 5.68. The number of halogens is 2. The molecule has 0 aliphatic heterocycles. The number of hydrogen-bond acceptors (Lipinski definition) is 5. The standard InChI is InChI=1S/C18H13ClFN3O4S/c19-12-4-6-15(7-5-12)28(26,27)17-8-9-18(25)23(22-17)11-16(24)21-14-3-1-2-13(20)10-14/h1-10H,11H2,(H,21,24). The van der Waals surface area contributed by atoms with Crippen molar-refractivity contribution in [3.63, 3.8) is 0 Å². The fraction of sp³-hybridized carbons (Fsp3) is 0.0556. The van der Waals surface area contributed by atoms with Crippen molar-refractivity contribution in [1.82, 2.24) is 9.78 Å². The van der Waals surface area contributed by atoms with Gasteiger partial charge in [-0.3, -0.25) is 9.59 Å². The lowest BCUT2D eigenvalue weighted by atomic mass is 10.3. The predicted molar refractivity (Wildman–Crippen MR) is 100 cm³/mol. The van der Waals surface area contributed by atoms with Crippen LogP contribution in [0.15, 0.2) is 75.4 Å². The molecule has 144 valence electrons. The van der Waals surface area contributed by atoms with Gasteiger partial charge in [0.1, 0.15) is 12.4 Å². The Morgan fingerprint density at radius 2 is 1.82 bits per heavy atom. The summed E-state index contributed by atoms with van der Waals surface area (Å²) >= 11 is 5.76. The second-order valence-corrected chi connectivity index (χ2v) is 8.02. The van der Waals surface area contributed by atoms with E-state index in [9.17, 15) is 22.4 Å². The Morgan fingerprint density at radius 3 is 2.50 bits per heavy atom. The average Bonchev–Trinajstić information content (AvgIpc) is 2.63. The Balaban J connectivity index is 1.86. The van der Waals surface area contributed by atoms with Gasteiger partial charge in [-0.15, -0.1) is 0 Å². The Bertz CT molecular complexity index is 1190. The SMILES string of the molecule is O=C(Cn1nc(S(=O)(=O)c2ccc(Cl)cc2)ccc1=O)Nc1cccc(F)c1. The third-order valence-electron chi connectivity index (χ3n) is 3.64. The molecule has 0 radical (unpaired) electrons. The molecular weight excluding hydrogens is 409 g/mol. The highest BCUT2D eigenvalue weighted by Gasteiger charge is 2.21. The number of nitrogens with zero attached hydrogens (tertiary/aromatic N) is 2. The summed E-state index contributed by atoms with van der Waals surface area (Å²) in [5.74, 6) is -1.20. The van der Waals surface area contributed by atoms with Crippen molar-refractivity contribution in [3.05, 3.63) is 81.9 Å². The van der Waals surface area contributed by atoms with Crippen LogP contribution in [-0.4, -0.2) is 24.1 Å². The Hall–Kier alpha value is -3.04. The van der Waals surface area contributed by atoms with Crippen LogP contribution in [0.3, 0.4) is 0 Å². The molecule has 1 amide bonds. The van der Waals surface area contributed by atoms with Gasteiger partial charge in [-0.2, -0.15) is 5.10 Å². The van der Waals surface area contributed by atoms with Crippen molar-refractivity contribution in [3.8, 4) is 0 Å². The minimum Gasteiger partial charge on any atom is -0.324 e. The van der Waals surface area contributed by atoms with Crippen LogP contribution in [0.1, 0.15) is 0 Å². The molecule has 3 rings (SSSR count). The highest BCUT2D eigenvalue weighted by molar-refractivity contribution is 7.91. The summed E-state index contributed by atoms with van der Waals surface area (Å²) in [6.45, 7) is -0.542. The van der Waals surface area contributed by atoms with Crippen molar-refractivity contribution in [2.45, 2.75) is 16.5 Å². The molecule has 0 fully saturated rings. The van der Waals surface area contributed by atoms with E-state index in [0.717, 1.165) is 22.9 Å². The highest BCUT2D eigenvalue weighted by atomic mass is 35.5. The summed E-state index contributed by atoms with van der Waals surface area (Å²) in [5, 5.41) is 6.17. The van der Waals surface area contributed by atoms with E-state index < -0.39 is 38.7 Å². The second kappa shape index (κ2) is 7.91. The molecule has 0 aliphatic carbocycles. The lowest BCUT2D eigenvalue weighted by Crippen LogP contribution is -2.30. The topological polar surface area (TPSA) is 98.1 Å². The molecule has 1 aromatic heterocycles. The molecule has 0 bridgehead atoms. The smallest absolute Gasteiger partial charge is 0.267 e. The van der Waals surface area contributed by atoms with Gasteiger partial charge in [-0.05, 0) is 48.5 Å². The zero-order valence-corrected chi connectivity index (χ0v) is 15.7. The van der Waals surface area contributed by atoms with Gasteiger partial charge in [-0.25, -0.2) is 17.5 Å². The van der Waals surface area contributed by atoms with Crippen LogP contribution in [-0.2, 0) is 21.2 Å². The monoisotopic (exact) mass is 421 g/mol. The van der Waals surface area contributed by atoms with E-state index in [-0.39, 0.29) is 10.6 Å². The molecule has 3 aromatic rings. The number of nitrogens with one attached hydrogen (secondary N) is 1. The van der Waals surface area contributed by atoms with E-state index in [0.29, 0.717) is 5.02 Å². The number of hydrogen-bond donors (Lipinski definition) is 1. The molecule has 1 heterocycles. The van der Waals surface area contributed by atoms with Gasteiger partial charge in [0, 0.05) is 16.8 Å². The van der Waals surface area contributed by atoms with Crippen molar-refractivity contribution >= 4 is 33.0 Å². The van der Waals surface area contributed by atoms with Crippen LogP contribution < -0.4 is 10.9 Å². The summed E-state index contributed by atoms with van der Waals surface area (Å²) in [6, 6.07) is 12.7. The van der Waals surface area contributed by atoms with E-state index in [1.54, 1.807) is 0 Å². The third kappa shape index (κ3) is 4.44. The number of anilines is 1. The maximum Gasteiger partial charge on any atom is 0.267 e. The van der Waals surface area contributed by atoms with Crippen LogP contribution in [0.2, 0.25) is 5.02 Å². The van der Waals surface area contributed by atoms with E-state index in [1.807, 2.05) is 0 Å². The number of benzene rings is 2. The van der Waals surface area contributed by atoms with Gasteiger partial charge < -0.3 is 5.32 Å². The predicted octanol–water partition coefficient (Wildman–Crippen LogP) is 2.51. The first-order valence-corrected chi connectivity index (χ1v) is 9.76. The quantitative estimate of drug-likeness (QED) is 0.682. The fourth-order valence-corrected chi connectivity index (χ4v) is 3.64. The maximum atomic E-state index is 13.2. The van der Waals surface area contributed by atoms with Crippen molar-refractivity contribution in [1.29, 1.82) is 0 Å². The molecular formula is C18H13ClFN3O4S. The van der Waals surface area contributed by atoms with Crippen molar-refractivity contribution in [2.75, 3.05) is 5.32 Å². The molecule has 10 heteroatoms. The summed E-state index contributed by atoms with van der Waals surface area (Å²) in [6.07, 6.45) is 0. The Kier molecular flexibility index (Phi) is 5.57. The van der Waals surface area contributed by atoms with Gasteiger partial charge in [0.05, 0.1) is 4.90 Å². The van der Waals surface area contributed by atoms with E-state index in [1.165, 1.54) is 42.5 Å². The lowest BCUT2D eigenvalue weighted by Gasteiger charge is -2.09. The van der Waals surface area contributed by atoms with Crippen molar-refractivity contribution < 1.29 is 17.6 Å². The van der Waals surface area contributed by atoms with Crippen LogP contribution in [0.25, 0.3) is 0 Å². The molecule has 0 saturated carbocycles. The van der Waals surface area contributed by atoms with Crippen molar-refractivity contribution in [2.24, 2.45) is 0 Å². The van der Waals surface area contributed by atoms with Crippen LogP contribution in [0.4, 0.5) is 10.1 Å². The minimum absolute atomic E-state index is 0.0567. The molecule has 0 atom stereocenters. The average molecular weight is 422 g/mol. The van der Waals surface area contributed by atoms with Gasteiger partial charge in [0.15, 0.2) is 5.03 Å². The number of rotatable bonds is 5. The normalized spacial score (nSPS) is 11.2. The fourth-order valence-electron chi connectivity index (χ4n) is 2.32. The first kappa shape index (κ1) is 19.7. The molecule has 28 heavy (non-hydrogen) atoms. The van der Waals surface area contributed by atoms with Gasteiger partial charge in [0.2, 0.25) is 15.7 Å². The molecule has 0 spiro atoms. The number of carbonyl (C=O) groups excluding carboxylic acids is 1. The zero-order chi connectivity index (χ0) is 20.3. The summed E-state index contributed by atoms with van der Waals surface area (Å²) in [4.78, 5) is 24.0. The molecule has 2 aromatic carbocycles. The number of sulfone groups is 1. The third-order valence-corrected chi connectivity index (χ3v) is 5.56. The lowest BCUT2D eigenvalue weighted by molar-refractivity contribution is -0.117. The molecule has 0 aliphatic rings. The first-order valence-electron chi connectivity index (χ1n) is 7.90. The zero-order valence-electron chi connectivity index (χ0n) is 14.2. The Morgan fingerprint density at radius 1 is 1.11 bits per heavy atom. The van der Waals surface area contributed by atoms with E-state index in [2.05, 4.69) is 10.4 Å². The van der Waals surface area contributed by atoms with Gasteiger partial charge >= 0.3 is 0 Å². The molecule has 7 nitrogen and oxygen atoms in total. The number of carbonyl (C=O) groups is 1. The summed E-state index contributed by atoms with van der Waals surface area (Å²) < 4.78 is 39.2. The maximum absolute atomic E-state index is 13.2. The largest absolute Gasteiger partial charge is 0.324 e. The minimum atomic E-state index is -4.01. The molecule has 1 N–H and O–H groups in total. The Labute approximate surface area is 164 Å². The van der Waals surface area contributed by atoms with E-state index in [4.69, 9.17) is 11.6 Å². The summed E-state index contributed by atoms with van der Waals surface area (Å²) in [7, 11) is -4.01. The van der Waals surface area contributed by atoms with E-state index >= 15 is 0 Å². The van der Waals surface area contributed by atoms with Crippen LogP contribution in [0, 0.1) is 5.82 Å². The van der Waals surface area contributed by atoms with Gasteiger partial charge in [-0.1, -0.05) is 17.7 Å². The molecule has 0 unspecified atom stereocenters. The van der Waals surface area contributed by atoms with Crippen LogP contribution >= 0.6 is 11.6 Å². The summed E-state index contributed by atoms with van der Waals surface area (Å²) in [5.41, 5.74) is -0.465. The first-order chi connectivity index (χ1) is 13.3. The highest BCUT2D eigenvalue weighted by Crippen LogP contribution is 2.20. The van der Waals surface area contributed by atoms with Gasteiger partial charge in [0.25, 0.3) is 5.56 Å². The molecule has 0 saturated heterocycles.